The molecular formula is C14H15F4NO2. The molecule has 1 N–H and O–H groups in total. The number of carbonyl (C=O) groups excluding carboxylic acids is 2. The standard InChI is InChI=1S/C14H15F4NO2/c1-13(2,3)10(20)7-19-12(21)8-5-4-6-9(11(8)15)14(16,17)18/h4-6H,7H2,1-3H3,(H,19,21). The van der Waals surface area contributed by atoms with Crippen molar-refractivity contribution in [2.24, 2.45) is 5.41 Å². The maximum atomic E-state index is 13.7. The van der Waals surface area contributed by atoms with Crippen LogP contribution in [0.3, 0.4) is 0 Å². The van der Waals surface area contributed by atoms with Crippen molar-refractivity contribution in [2.45, 2.75) is 26.9 Å². The Hall–Kier alpha value is -1.92. The molecule has 1 amide bonds. The average Bonchev–Trinajstić information content (AvgIpc) is 2.33. The van der Waals surface area contributed by atoms with Gasteiger partial charge in [0.1, 0.15) is 5.82 Å². The summed E-state index contributed by atoms with van der Waals surface area (Å²) in [5.41, 5.74) is -2.97. The third-order valence-electron chi connectivity index (χ3n) is 2.79. The highest BCUT2D eigenvalue weighted by molar-refractivity contribution is 5.97. The molecule has 3 nitrogen and oxygen atoms in total. The van der Waals surface area contributed by atoms with E-state index in [1.807, 2.05) is 0 Å². The van der Waals surface area contributed by atoms with Gasteiger partial charge in [0, 0.05) is 5.41 Å². The molecule has 1 rings (SSSR count). The first-order valence-corrected chi connectivity index (χ1v) is 6.12. The molecule has 0 unspecified atom stereocenters. The topological polar surface area (TPSA) is 46.2 Å². The molecule has 21 heavy (non-hydrogen) atoms. The molecule has 7 heteroatoms. The van der Waals surface area contributed by atoms with Gasteiger partial charge in [0.15, 0.2) is 5.78 Å². The Kier molecular flexibility index (Phi) is 4.76. The predicted octanol–water partition coefficient (Wildman–Crippen LogP) is 3.19. The summed E-state index contributed by atoms with van der Waals surface area (Å²) < 4.78 is 51.3. The number of rotatable bonds is 3. The van der Waals surface area contributed by atoms with Crippen LogP contribution in [-0.4, -0.2) is 18.2 Å². The summed E-state index contributed by atoms with van der Waals surface area (Å²) in [5.74, 6) is -3.02. The van der Waals surface area contributed by atoms with Crippen LogP contribution in [0.1, 0.15) is 36.7 Å². The lowest BCUT2D eigenvalue weighted by atomic mass is 9.91. The summed E-state index contributed by atoms with van der Waals surface area (Å²) in [6.45, 7) is 4.52. The maximum Gasteiger partial charge on any atom is 0.419 e. The Balaban J connectivity index is 2.92. The van der Waals surface area contributed by atoms with E-state index in [1.54, 1.807) is 20.8 Å². The van der Waals surface area contributed by atoms with E-state index >= 15 is 0 Å². The van der Waals surface area contributed by atoms with Crippen molar-refractivity contribution >= 4 is 11.7 Å². The van der Waals surface area contributed by atoms with E-state index in [9.17, 15) is 27.2 Å². The summed E-state index contributed by atoms with van der Waals surface area (Å²) in [5, 5.41) is 2.13. The number of amides is 1. The molecule has 0 atom stereocenters. The van der Waals surface area contributed by atoms with Crippen molar-refractivity contribution in [1.82, 2.24) is 5.32 Å². The second-order valence-corrected chi connectivity index (χ2v) is 5.52. The summed E-state index contributed by atoms with van der Waals surface area (Å²) in [4.78, 5) is 23.3. The van der Waals surface area contributed by atoms with E-state index in [0.29, 0.717) is 6.07 Å². The lowest BCUT2D eigenvalue weighted by Gasteiger charge is -2.17. The quantitative estimate of drug-likeness (QED) is 0.872. The second kappa shape index (κ2) is 5.83. The number of halogens is 4. The van der Waals surface area contributed by atoms with E-state index in [0.717, 1.165) is 12.1 Å². The highest BCUT2D eigenvalue weighted by Gasteiger charge is 2.35. The fraction of sp³-hybridized carbons (Fsp3) is 0.429. The molecule has 0 fully saturated rings. The molecule has 116 valence electrons. The molecule has 0 spiro atoms. The number of benzene rings is 1. The van der Waals surface area contributed by atoms with Crippen LogP contribution in [0.4, 0.5) is 17.6 Å². The molecule has 0 aliphatic heterocycles. The van der Waals surface area contributed by atoms with Gasteiger partial charge >= 0.3 is 6.18 Å². The Morgan fingerprint density at radius 2 is 1.71 bits per heavy atom. The van der Waals surface area contributed by atoms with Crippen LogP contribution in [0.15, 0.2) is 18.2 Å². The number of ketones is 1. The van der Waals surface area contributed by atoms with Crippen molar-refractivity contribution < 1.29 is 27.2 Å². The van der Waals surface area contributed by atoms with Crippen molar-refractivity contribution in [3.63, 3.8) is 0 Å². The second-order valence-electron chi connectivity index (χ2n) is 5.52. The zero-order valence-electron chi connectivity index (χ0n) is 11.8. The minimum absolute atomic E-state index is 0.316. The first-order chi connectivity index (χ1) is 9.44. The van der Waals surface area contributed by atoms with E-state index < -0.39 is 34.4 Å². The third-order valence-corrected chi connectivity index (χ3v) is 2.79. The van der Waals surface area contributed by atoms with Crippen LogP contribution in [0, 0.1) is 11.2 Å². The molecule has 0 bridgehead atoms. The van der Waals surface area contributed by atoms with Crippen molar-refractivity contribution in [2.75, 3.05) is 6.54 Å². The zero-order valence-corrected chi connectivity index (χ0v) is 11.8. The molecule has 0 saturated heterocycles. The summed E-state index contributed by atoms with van der Waals surface area (Å²) in [6, 6.07) is 2.42. The highest BCUT2D eigenvalue weighted by Crippen LogP contribution is 2.32. The van der Waals surface area contributed by atoms with E-state index in [4.69, 9.17) is 0 Å². The smallest absolute Gasteiger partial charge is 0.345 e. The fourth-order valence-electron chi connectivity index (χ4n) is 1.45. The van der Waals surface area contributed by atoms with Crippen LogP contribution >= 0.6 is 0 Å². The molecule has 1 aromatic carbocycles. The number of hydrogen-bond donors (Lipinski definition) is 1. The Morgan fingerprint density at radius 1 is 1.14 bits per heavy atom. The van der Waals surface area contributed by atoms with Crippen LogP contribution in [0.2, 0.25) is 0 Å². The molecule has 0 aliphatic rings. The van der Waals surface area contributed by atoms with Crippen LogP contribution in [0.25, 0.3) is 0 Å². The average molecular weight is 305 g/mol. The molecule has 0 radical (unpaired) electrons. The maximum absolute atomic E-state index is 13.7. The van der Waals surface area contributed by atoms with Gasteiger partial charge in [-0.3, -0.25) is 9.59 Å². The third kappa shape index (κ3) is 4.27. The van der Waals surface area contributed by atoms with E-state index in [2.05, 4.69) is 5.32 Å². The number of carbonyl (C=O) groups is 2. The number of hydrogen-bond acceptors (Lipinski definition) is 2. The minimum atomic E-state index is -4.89. The largest absolute Gasteiger partial charge is 0.419 e. The zero-order chi connectivity index (χ0) is 16.4. The first kappa shape index (κ1) is 17.1. The Bertz CT molecular complexity index is 559. The normalized spacial score (nSPS) is 12.1. The van der Waals surface area contributed by atoms with Crippen LogP contribution in [-0.2, 0) is 11.0 Å². The van der Waals surface area contributed by atoms with Gasteiger partial charge in [0.05, 0.1) is 17.7 Å². The summed E-state index contributed by atoms with van der Waals surface area (Å²) in [6.07, 6.45) is -4.89. The Morgan fingerprint density at radius 3 is 2.19 bits per heavy atom. The molecule has 1 aromatic rings. The lowest BCUT2D eigenvalue weighted by Crippen LogP contribution is -2.36. The van der Waals surface area contributed by atoms with Gasteiger partial charge in [0.2, 0.25) is 0 Å². The highest BCUT2D eigenvalue weighted by atomic mass is 19.4. The minimum Gasteiger partial charge on any atom is -0.345 e. The molecule has 0 aromatic heterocycles. The van der Waals surface area contributed by atoms with Crippen LogP contribution < -0.4 is 5.32 Å². The molecule has 0 heterocycles. The summed E-state index contributed by atoms with van der Waals surface area (Å²) >= 11 is 0. The number of nitrogens with one attached hydrogen (secondary N) is 1. The van der Waals surface area contributed by atoms with Gasteiger partial charge in [0.25, 0.3) is 5.91 Å². The van der Waals surface area contributed by atoms with Gasteiger partial charge in [-0.2, -0.15) is 13.2 Å². The lowest BCUT2D eigenvalue weighted by molar-refractivity contribution is -0.140. The van der Waals surface area contributed by atoms with Crippen molar-refractivity contribution in [3.8, 4) is 0 Å². The first-order valence-electron chi connectivity index (χ1n) is 6.12. The van der Waals surface area contributed by atoms with Gasteiger partial charge in [-0.1, -0.05) is 26.8 Å². The number of Topliss-reactive ketones (excluding diaryl/α,β-unsaturated/α-hetero) is 1. The van der Waals surface area contributed by atoms with Crippen molar-refractivity contribution in [3.05, 3.63) is 35.1 Å². The van der Waals surface area contributed by atoms with E-state index in [-0.39, 0.29) is 12.3 Å². The fourth-order valence-corrected chi connectivity index (χ4v) is 1.45. The Labute approximate surface area is 119 Å². The molecule has 0 saturated carbocycles. The van der Waals surface area contributed by atoms with Gasteiger partial charge in [-0.05, 0) is 12.1 Å². The van der Waals surface area contributed by atoms with E-state index in [1.165, 1.54) is 0 Å². The van der Waals surface area contributed by atoms with Crippen LogP contribution in [0.5, 0.6) is 0 Å². The SMILES string of the molecule is CC(C)(C)C(=O)CNC(=O)c1cccc(C(F)(F)F)c1F. The number of alkyl halides is 3. The monoisotopic (exact) mass is 305 g/mol. The van der Waals surface area contributed by atoms with Gasteiger partial charge in [-0.15, -0.1) is 0 Å². The van der Waals surface area contributed by atoms with Gasteiger partial charge < -0.3 is 5.32 Å². The molecular weight excluding hydrogens is 290 g/mol. The predicted molar refractivity (Wildman–Crippen MR) is 68.2 cm³/mol. The van der Waals surface area contributed by atoms with Gasteiger partial charge in [-0.25, -0.2) is 4.39 Å². The summed E-state index contributed by atoms with van der Waals surface area (Å²) in [7, 11) is 0. The van der Waals surface area contributed by atoms with Crippen molar-refractivity contribution in [1.29, 1.82) is 0 Å². The molecule has 0 aliphatic carbocycles.